The van der Waals surface area contributed by atoms with E-state index >= 15 is 0 Å². The Balaban J connectivity index is 3.46. The highest BCUT2D eigenvalue weighted by Crippen LogP contribution is 1.97. The fourth-order valence-corrected chi connectivity index (χ4v) is 0.394. The predicted molar refractivity (Wildman–Crippen MR) is 31.9 cm³/mol. The Labute approximate surface area is 54.0 Å². The number of aldehydes is 1. The molecule has 0 fully saturated rings. The van der Waals surface area contributed by atoms with E-state index in [-0.39, 0.29) is 18.3 Å². The second kappa shape index (κ2) is 4.06. The van der Waals surface area contributed by atoms with E-state index in [1.165, 1.54) is 7.11 Å². The summed E-state index contributed by atoms with van der Waals surface area (Å²) in [4.78, 5) is 20.3. The molecule has 52 valence electrons. The van der Waals surface area contributed by atoms with E-state index in [4.69, 9.17) is 0 Å². The Morgan fingerprint density at radius 2 is 2.33 bits per heavy atom. The van der Waals surface area contributed by atoms with Crippen molar-refractivity contribution in [2.75, 3.05) is 7.11 Å². The smallest absolute Gasteiger partial charge is 0.306 e. The number of esters is 1. The van der Waals surface area contributed by atoms with Crippen molar-refractivity contribution in [2.24, 2.45) is 5.92 Å². The summed E-state index contributed by atoms with van der Waals surface area (Å²) in [6.45, 7) is 1.67. The lowest BCUT2D eigenvalue weighted by molar-refractivity contribution is -0.142. The highest BCUT2D eigenvalue weighted by molar-refractivity contribution is 5.73. The molecule has 1 atom stereocenters. The number of carbonyl (C=O) groups excluding carboxylic acids is 2. The molecular weight excluding hydrogens is 120 g/mol. The molecule has 0 amide bonds. The lowest BCUT2D eigenvalue weighted by Gasteiger charge is -1.98. The zero-order chi connectivity index (χ0) is 7.28. The molecule has 9 heavy (non-hydrogen) atoms. The summed E-state index contributed by atoms with van der Waals surface area (Å²) in [5.74, 6) is -0.563. The Morgan fingerprint density at radius 1 is 1.78 bits per heavy atom. The van der Waals surface area contributed by atoms with Crippen LogP contribution in [0.15, 0.2) is 0 Å². The molecule has 0 radical (unpaired) electrons. The van der Waals surface area contributed by atoms with Crippen LogP contribution < -0.4 is 0 Å². The molecule has 0 N–H and O–H groups in total. The summed E-state index contributed by atoms with van der Waals surface area (Å²) < 4.78 is 4.32. The van der Waals surface area contributed by atoms with Crippen LogP contribution in [0.1, 0.15) is 13.3 Å². The van der Waals surface area contributed by atoms with Crippen molar-refractivity contribution in [1.29, 1.82) is 0 Å². The van der Waals surface area contributed by atoms with Gasteiger partial charge < -0.3 is 9.53 Å². The largest absolute Gasteiger partial charge is 0.469 e. The molecule has 0 rings (SSSR count). The number of carbonyl (C=O) groups is 2. The quantitative estimate of drug-likeness (QED) is 0.410. The molecule has 0 aliphatic heterocycles. The number of ether oxygens (including phenoxy) is 1. The lowest BCUT2D eigenvalue weighted by atomic mass is 10.1. The molecule has 0 aromatic heterocycles. The van der Waals surface area contributed by atoms with Gasteiger partial charge in [-0.25, -0.2) is 0 Å². The topological polar surface area (TPSA) is 43.4 Å². The van der Waals surface area contributed by atoms with Crippen LogP contribution in [0.2, 0.25) is 0 Å². The molecule has 0 heterocycles. The van der Waals surface area contributed by atoms with Crippen molar-refractivity contribution >= 4 is 12.3 Å². The molecule has 3 heteroatoms. The minimum Gasteiger partial charge on any atom is -0.469 e. The molecule has 0 aliphatic carbocycles. The van der Waals surface area contributed by atoms with Gasteiger partial charge in [-0.15, -0.1) is 0 Å². The normalized spacial score (nSPS) is 12.2. The van der Waals surface area contributed by atoms with Gasteiger partial charge in [-0.1, -0.05) is 6.92 Å². The van der Waals surface area contributed by atoms with Crippen molar-refractivity contribution in [2.45, 2.75) is 13.3 Å². The van der Waals surface area contributed by atoms with E-state index in [0.29, 0.717) is 0 Å². The average Bonchev–Trinajstić information content (AvgIpc) is 1.87. The van der Waals surface area contributed by atoms with Crippen molar-refractivity contribution in [3.8, 4) is 0 Å². The third kappa shape index (κ3) is 3.70. The summed E-state index contributed by atoms with van der Waals surface area (Å²) in [6.07, 6.45) is 0.914. The summed E-state index contributed by atoms with van der Waals surface area (Å²) in [7, 11) is 1.31. The van der Waals surface area contributed by atoms with E-state index < -0.39 is 0 Å². The predicted octanol–water partition coefficient (Wildman–Crippen LogP) is 0.384. The molecule has 0 aromatic rings. The summed E-state index contributed by atoms with van der Waals surface area (Å²) >= 11 is 0. The van der Waals surface area contributed by atoms with Crippen LogP contribution >= 0.6 is 0 Å². The number of hydrogen-bond donors (Lipinski definition) is 0. The van der Waals surface area contributed by atoms with E-state index in [2.05, 4.69) is 4.74 Å². The van der Waals surface area contributed by atoms with Gasteiger partial charge in [-0.2, -0.15) is 0 Å². The van der Waals surface area contributed by atoms with Crippen molar-refractivity contribution in [1.82, 2.24) is 0 Å². The molecule has 0 saturated heterocycles. The van der Waals surface area contributed by atoms with Crippen LogP contribution in [-0.2, 0) is 14.3 Å². The number of hydrogen-bond acceptors (Lipinski definition) is 3. The monoisotopic (exact) mass is 130 g/mol. The van der Waals surface area contributed by atoms with E-state index in [9.17, 15) is 9.59 Å². The van der Waals surface area contributed by atoms with Gasteiger partial charge in [-0.05, 0) is 0 Å². The second-order valence-corrected chi connectivity index (χ2v) is 1.89. The van der Waals surface area contributed by atoms with Gasteiger partial charge in [0.15, 0.2) is 0 Å². The van der Waals surface area contributed by atoms with Crippen LogP contribution in [0, 0.1) is 5.92 Å². The first-order valence-corrected chi connectivity index (χ1v) is 2.72. The summed E-state index contributed by atoms with van der Waals surface area (Å²) in [5.41, 5.74) is 0. The molecular formula is C6H10O3. The zero-order valence-corrected chi connectivity index (χ0v) is 5.59. The minimum atomic E-state index is -0.338. The summed E-state index contributed by atoms with van der Waals surface area (Å²) in [6, 6.07) is 0. The van der Waals surface area contributed by atoms with E-state index in [0.717, 1.165) is 6.29 Å². The average molecular weight is 130 g/mol. The van der Waals surface area contributed by atoms with Gasteiger partial charge >= 0.3 is 5.97 Å². The Kier molecular flexibility index (Phi) is 3.67. The lowest BCUT2D eigenvalue weighted by Crippen LogP contribution is -2.07. The van der Waals surface area contributed by atoms with Crippen molar-refractivity contribution in [3.63, 3.8) is 0 Å². The third-order valence-electron chi connectivity index (χ3n) is 0.949. The fraction of sp³-hybridized carbons (Fsp3) is 0.667. The zero-order valence-electron chi connectivity index (χ0n) is 5.59. The van der Waals surface area contributed by atoms with Crippen molar-refractivity contribution in [3.05, 3.63) is 0 Å². The van der Waals surface area contributed by atoms with Crippen LogP contribution in [-0.4, -0.2) is 19.4 Å². The molecule has 0 unspecified atom stereocenters. The molecule has 0 spiro atoms. The second-order valence-electron chi connectivity index (χ2n) is 1.89. The Morgan fingerprint density at radius 3 is 2.67 bits per heavy atom. The first-order valence-electron chi connectivity index (χ1n) is 2.72. The Bertz CT molecular complexity index is 109. The van der Waals surface area contributed by atoms with Crippen molar-refractivity contribution < 1.29 is 14.3 Å². The van der Waals surface area contributed by atoms with Crippen LogP contribution in [0.4, 0.5) is 0 Å². The molecule has 0 saturated carbocycles. The molecule has 0 aromatic carbocycles. The minimum absolute atomic E-state index is 0.181. The first kappa shape index (κ1) is 8.14. The molecule has 0 bridgehead atoms. The SMILES string of the molecule is COC(=O)C[C@@H](C)C=O. The Hall–Kier alpha value is -0.860. The van der Waals surface area contributed by atoms with Gasteiger partial charge in [0.1, 0.15) is 6.29 Å². The molecule has 3 nitrogen and oxygen atoms in total. The maximum absolute atomic E-state index is 10.4. The van der Waals surface area contributed by atoms with Gasteiger partial charge in [-0.3, -0.25) is 4.79 Å². The molecule has 0 aliphatic rings. The summed E-state index contributed by atoms with van der Waals surface area (Å²) in [5, 5.41) is 0. The standard InChI is InChI=1S/C6H10O3/c1-5(4-7)3-6(8)9-2/h4-5H,3H2,1-2H3/t5-/m1/s1. The fourth-order valence-electron chi connectivity index (χ4n) is 0.394. The van der Waals surface area contributed by atoms with E-state index in [1.807, 2.05) is 0 Å². The van der Waals surface area contributed by atoms with Gasteiger partial charge in [0, 0.05) is 5.92 Å². The van der Waals surface area contributed by atoms with E-state index in [1.54, 1.807) is 6.92 Å². The first-order chi connectivity index (χ1) is 4.20. The maximum Gasteiger partial charge on any atom is 0.306 e. The number of rotatable bonds is 3. The van der Waals surface area contributed by atoms with Crippen LogP contribution in [0.3, 0.4) is 0 Å². The highest BCUT2D eigenvalue weighted by atomic mass is 16.5. The van der Waals surface area contributed by atoms with Crippen LogP contribution in [0.25, 0.3) is 0 Å². The van der Waals surface area contributed by atoms with Gasteiger partial charge in [0.25, 0.3) is 0 Å². The highest BCUT2D eigenvalue weighted by Gasteiger charge is 2.06. The maximum atomic E-state index is 10.4. The van der Waals surface area contributed by atoms with Gasteiger partial charge in [0.05, 0.1) is 13.5 Å². The van der Waals surface area contributed by atoms with Gasteiger partial charge in [0.2, 0.25) is 0 Å². The number of methoxy groups -OCH3 is 1. The third-order valence-corrected chi connectivity index (χ3v) is 0.949. The van der Waals surface area contributed by atoms with Crippen LogP contribution in [0.5, 0.6) is 0 Å².